The minimum absolute atomic E-state index is 0.0420. The van der Waals surface area contributed by atoms with Crippen molar-refractivity contribution in [3.8, 4) is 22.6 Å². The first-order chi connectivity index (χ1) is 23.1. The highest BCUT2D eigenvalue weighted by atomic mass is 35.5. The fourth-order valence-electron chi connectivity index (χ4n) is 7.08. The molecular weight excluding hydrogens is 653 g/mol. The van der Waals surface area contributed by atoms with Crippen LogP contribution in [0.15, 0.2) is 78.9 Å². The van der Waals surface area contributed by atoms with Crippen LogP contribution in [0.5, 0.6) is 11.5 Å². The van der Waals surface area contributed by atoms with E-state index in [2.05, 4.69) is 41.0 Å². The van der Waals surface area contributed by atoms with Gasteiger partial charge in [-0.3, -0.25) is 0 Å². The Morgan fingerprint density at radius 1 is 0.959 bits per heavy atom. The summed E-state index contributed by atoms with van der Waals surface area (Å²) in [7, 11) is 0. The molecule has 0 aliphatic carbocycles. The summed E-state index contributed by atoms with van der Waals surface area (Å²) in [4.78, 5) is 17.6. The SMILES string of the molecule is CC(C)(C)CN1CCC2(CC1)CN(c1ccccc1NC(=O)Nc1ccc(OC(C)(F)F)cc1)c1c(O)c(F)cc(-c3ccc(Cl)cc3)c12. The van der Waals surface area contributed by atoms with E-state index in [1.165, 1.54) is 30.3 Å². The number of benzene rings is 4. The third kappa shape index (κ3) is 7.60. The number of nitrogens with zero attached hydrogens (tertiary/aromatic N) is 2. The highest BCUT2D eigenvalue weighted by molar-refractivity contribution is 6.30. The Kier molecular flexibility index (Phi) is 9.23. The molecule has 4 aromatic carbocycles. The summed E-state index contributed by atoms with van der Waals surface area (Å²) in [5.41, 5.74) is 3.86. The average Bonchev–Trinajstić information content (AvgIpc) is 3.35. The third-order valence-electron chi connectivity index (χ3n) is 9.01. The van der Waals surface area contributed by atoms with Crippen molar-refractivity contribution in [2.24, 2.45) is 5.41 Å². The van der Waals surface area contributed by atoms with Crippen LogP contribution in [-0.4, -0.2) is 48.3 Å². The monoisotopic (exact) mass is 692 g/mol. The number of piperidine rings is 1. The number of ether oxygens (including phenoxy) is 1. The molecule has 2 aliphatic heterocycles. The van der Waals surface area contributed by atoms with Gasteiger partial charge in [0.05, 0.1) is 17.1 Å². The van der Waals surface area contributed by atoms with Gasteiger partial charge in [0.25, 0.3) is 0 Å². The van der Waals surface area contributed by atoms with Crippen LogP contribution in [-0.2, 0) is 5.41 Å². The minimum atomic E-state index is -3.33. The number of aromatic hydroxyl groups is 1. The molecule has 2 heterocycles. The molecule has 1 fully saturated rings. The van der Waals surface area contributed by atoms with Crippen molar-refractivity contribution >= 4 is 40.4 Å². The minimum Gasteiger partial charge on any atom is -0.503 e. The van der Waals surface area contributed by atoms with Crippen LogP contribution in [0.25, 0.3) is 11.1 Å². The number of nitrogens with one attached hydrogen (secondary N) is 2. The molecule has 6 rings (SSSR count). The van der Waals surface area contributed by atoms with E-state index in [4.69, 9.17) is 11.6 Å². The smallest absolute Gasteiger partial charge is 0.394 e. The topological polar surface area (TPSA) is 77.1 Å². The van der Waals surface area contributed by atoms with Gasteiger partial charge in [-0.05, 0) is 103 Å². The number of carbonyl (C=O) groups excluding carboxylic acids is 1. The van der Waals surface area contributed by atoms with Gasteiger partial charge in [0, 0.05) is 36.1 Å². The van der Waals surface area contributed by atoms with Gasteiger partial charge in [-0.15, -0.1) is 0 Å². The van der Waals surface area contributed by atoms with Crippen LogP contribution in [0.3, 0.4) is 0 Å². The Morgan fingerprint density at radius 3 is 2.24 bits per heavy atom. The molecule has 2 amide bonds. The maximum atomic E-state index is 15.7. The molecule has 49 heavy (non-hydrogen) atoms. The van der Waals surface area contributed by atoms with Crippen LogP contribution in [0, 0.1) is 11.2 Å². The number of carbonyl (C=O) groups is 1. The van der Waals surface area contributed by atoms with Crippen LogP contribution < -0.4 is 20.3 Å². The standard InChI is InChI=1S/C38H40ClF3N4O3/c1-36(2,3)22-45-19-17-38(18-20-45)23-46(33-32(38)28(21-29(40)34(33)47)24-9-11-25(39)12-10-24)31-8-6-5-7-30(31)44-35(48)43-26-13-15-27(16-14-26)49-37(4,41)42/h5-16,21,47H,17-20,22-23H2,1-4H3,(H2,43,44,48). The molecule has 11 heteroatoms. The predicted molar refractivity (Wildman–Crippen MR) is 189 cm³/mol. The lowest BCUT2D eigenvalue weighted by atomic mass is 9.71. The molecule has 3 N–H and O–H groups in total. The molecule has 0 aromatic heterocycles. The summed E-state index contributed by atoms with van der Waals surface area (Å²) in [5.74, 6) is -1.23. The average molecular weight is 693 g/mol. The molecule has 1 saturated heterocycles. The number of phenols is 1. The van der Waals surface area contributed by atoms with Crippen LogP contribution in [0.4, 0.5) is 40.7 Å². The van der Waals surface area contributed by atoms with Crippen molar-refractivity contribution in [2.45, 2.75) is 52.1 Å². The number of phenolic OH excluding ortho intramolecular Hbond substituents is 1. The zero-order valence-electron chi connectivity index (χ0n) is 27.9. The molecule has 0 saturated carbocycles. The first kappa shape index (κ1) is 34.5. The number of urea groups is 1. The van der Waals surface area contributed by atoms with Gasteiger partial charge in [0.15, 0.2) is 11.6 Å². The van der Waals surface area contributed by atoms with E-state index < -0.39 is 29.1 Å². The Balaban J connectivity index is 1.36. The van der Waals surface area contributed by atoms with E-state index in [9.17, 15) is 18.7 Å². The molecule has 0 unspecified atom stereocenters. The number of hydrogen-bond donors (Lipinski definition) is 3. The summed E-state index contributed by atoms with van der Waals surface area (Å²) in [6.45, 7) is 10.4. The largest absolute Gasteiger partial charge is 0.503 e. The van der Waals surface area contributed by atoms with E-state index in [1.54, 1.807) is 24.3 Å². The first-order valence-electron chi connectivity index (χ1n) is 16.3. The Morgan fingerprint density at radius 2 is 1.61 bits per heavy atom. The van der Waals surface area contributed by atoms with Crippen molar-refractivity contribution in [2.75, 3.05) is 41.7 Å². The van der Waals surface area contributed by atoms with Crippen molar-refractivity contribution in [1.29, 1.82) is 0 Å². The van der Waals surface area contributed by atoms with E-state index in [-0.39, 0.29) is 11.2 Å². The number of halogens is 4. The summed E-state index contributed by atoms with van der Waals surface area (Å²) >= 11 is 6.23. The maximum Gasteiger partial charge on any atom is 0.394 e. The molecule has 0 atom stereocenters. The second-order valence-electron chi connectivity index (χ2n) is 14.2. The Labute approximate surface area is 289 Å². The molecule has 4 aromatic rings. The third-order valence-corrected chi connectivity index (χ3v) is 9.26. The molecule has 258 valence electrons. The predicted octanol–water partition coefficient (Wildman–Crippen LogP) is 10.0. The van der Waals surface area contributed by atoms with Crippen molar-refractivity contribution in [3.63, 3.8) is 0 Å². The summed E-state index contributed by atoms with van der Waals surface area (Å²) in [6, 6.07) is 20.9. The maximum absolute atomic E-state index is 15.7. The van der Waals surface area contributed by atoms with Gasteiger partial charge >= 0.3 is 12.1 Å². The van der Waals surface area contributed by atoms with Gasteiger partial charge in [-0.25, -0.2) is 9.18 Å². The van der Waals surface area contributed by atoms with Crippen molar-refractivity contribution < 1.29 is 27.8 Å². The molecule has 0 bridgehead atoms. The number of likely N-dealkylation sites (tertiary alicyclic amines) is 1. The van der Waals surface area contributed by atoms with E-state index in [1.807, 2.05) is 29.2 Å². The Hall–Kier alpha value is -4.41. The number of fused-ring (bicyclic) bond motifs is 2. The summed E-state index contributed by atoms with van der Waals surface area (Å²) < 4.78 is 46.8. The number of amides is 2. The fraction of sp³-hybridized carbons (Fsp3) is 0.342. The van der Waals surface area contributed by atoms with Gasteiger partial charge in [0.2, 0.25) is 0 Å². The van der Waals surface area contributed by atoms with Crippen LogP contribution in [0.2, 0.25) is 5.02 Å². The lowest BCUT2D eigenvalue weighted by Gasteiger charge is -2.42. The summed E-state index contributed by atoms with van der Waals surface area (Å²) in [5, 5.41) is 17.6. The molecule has 1 spiro atoms. The van der Waals surface area contributed by atoms with Gasteiger partial charge in [-0.1, -0.05) is 56.6 Å². The van der Waals surface area contributed by atoms with Gasteiger partial charge in [-0.2, -0.15) is 8.78 Å². The highest BCUT2D eigenvalue weighted by Crippen LogP contribution is 2.58. The quantitative estimate of drug-likeness (QED) is 0.180. The normalized spacial score (nSPS) is 16.0. The Bertz CT molecular complexity index is 1830. The van der Waals surface area contributed by atoms with Crippen molar-refractivity contribution in [1.82, 2.24) is 4.90 Å². The molecule has 2 aliphatic rings. The van der Waals surface area contributed by atoms with E-state index in [0.717, 1.165) is 43.6 Å². The van der Waals surface area contributed by atoms with Gasteiger partial charge < -0.3 is 30.3 Å². The summed E-state index contributed by atoms with van der Waals surface area (Å²) in [6.07, 6.45) is -1.75. The van der Waals surface area contributed by atoms with Crippen molar-refractivity contribution in [3.05, 3.63) is 95.3 Å². The molecule has 0 radical (unpaired) electrons. The number of para-hydroxylation sites is 2. The molecular formula is C38H40ClF3N4O3. The number of rotatable bonds is 7. The zero-order valence-corrected chi connectivity index (χ0v) is 28.7. The lowest BCUT2D eigenvalue weighted by Crippen LogP contribution is -2.47. The number of anilines is 4. The number of alkyl halides is 2. The highest BCUT2D eigenvalue weighted by Gasteiger charge is 2.49. The fourth-order valence-corrected chi connectivity index (χ4v) is 7.21. The number of hydrogen-bond acceptors (Lipinski definition) is 5. The van der Waals surface area contributed by atoms with E-state index >= 15 is 4.39 Å². The van der Waals surface area contributed by atoms with Crippen LogP contribution in [0.1, 0.15) is 46.1 Å². The second kappa shape index (κ2) is 13.1. The second-order valence-corrected chi connectivity index (χ2v) is 14.7. The van der Waals surface area contributed by atoms with Gasteiger partial charge in [0.1, 0.15) is 5.75 Å². The first-order valence-corrected chi connectivity index (χ1v) is 16.6. The van der Waals surface area contributed by atoms with Crippen LogP contribution >= 0.6 is 11.6 Å². The van der Waals surface area contributed by atoms with E-state index in [0.29, 0.717) is 46.8 Å². The molecule has 7 nitrogen and oxygen atoms in total. The zero-order chi connectivity index (χ0) is 35.1. The lowest BCUT2D eigenvalue weighted by molar-refractivity contribution is -0.158.